The second-order valence-corrected chi connectivity index (χ2v) is 14.4. The van der Waals surface area contributed by atoms with Crippen molar-refractivity contribution >= 4 is 35.4 Å². The first-order valence-electron chi connectivity index (χ1n) is 17.7. The third-order valence-corrected chi connectivity index (χ3v) is 10.8. The van der Waals surface area contributed by atoms with E-state index in [-0.39, 0.29) is 54.0 Å². The van der Waals surface area contributed by atoms with Crippen molar-refractivity contribution < 1.29 is 29.4 Å². The molecule has 11 heteroatoms. The summed E-state index contributed by atoms with van der Waals surface area (Å²) in [6.45, 7) is 3.41. The van der Waals surface area contributed by atoms with Gasteiger partial charge in [-0.15, -0.1) is 0 Å². The number of amides is 4. The van der Waals surface area contributed by atoms with Crippen molar-refractivity contribution in [3.05, 3.63) is 24.3 Å². The molecular formula is C35H58N4O6S. The van der Waals surface area contributed by atoms with Crippen molar-refractivity contribution in [3.8, 4) is 0 Å². The fourth-order valence-electron chi connectivity index (χ4n) is 6.56. The Bertz CT molecular complexity index is 1020. The van der Waals surface area contributed by atoms with E-state index in [2.05, 4.69) is 28.2 Å². The third-order valence-electron chi connectivity index (χ3n) is 9.30. The molecule has 0 aromatic carbocycles. The molecule has 1 aliphatic carbocycles. The van der Waals surface area contributed by atoms with Gasteiger partial charge in [-0.2, -0.15) is 11.8 Å². The maximum absolute atomic E-state index is 12.4. The van der Waals surface area contributed by atoms with Crippen molar-refractivity contribution in [2.24, 2.45) is 11.8 Å². The molecule has 3 aliphatic rings. The van der Waals surface area contributed by atoms with Gasteiger partial charge in [-0.05, 0) is 57.8 Å². The van der Waals surface area contributed by atoms with Crippen molar-refractivity contribution in [1.82, 2.24) is 21.3 Å². The maximum Gasteiger partial charge on any atom is 0.315 e. The molecule has 2 aliphatic heterocycles. The van der Waals surface area contributed by atoms with Crippen LogP contribution in [0.5, 0.6) is 0 Å². The van der Waals surface area contributed by atoms with Crippen LogP contribution < -0.4 is 21.3 Å². The first-order chi connectivity index (χ1) is 22.3. The quantitative estimate of drug-likeness (QED) is 0.0541. The summed E-state index contributed by atoms with van der Waals surface area (Å²) in [5.41, 5.74) is 0. The highest BCUT2D eigenvalue weighted by atomic mass is 32.2. The molecule has 3 fully saturated rings. The molecule has 3 rings (SSSR count). The minimum absolute atomic E-state index is 0.0385. The lowest BCUT2D eigenvalue weighted by molar-refractivity contribution is -0.122. The number of fused-ring (bicyclic) bond motifs is 1. The molecule has 7 atom stereocenters. The van der Waals surface area contributed by atoms with Gasteiger partial charge in [0.25, 0.3) is 0 Å². The zero-order chi connectivity index (χ0) is 33.1. The number of allylic oxidation sites excluding steroid dienone is 2. The average Bonchev–Trinajstić information content (AvgIpc) is 3.66. The molecule has 260 valence electrons. The topological polar surface area (TPSA) is 157 Å². The number of thioether (sulfide) groups is 1. The Balaban J connectivity index is 1.13. The van der Waals surface area contributed by atoms with Gasteiger partial charge in [0.15, 0.2) is 0 Å². The zero-order valence-electron chi connectivity index (χ0n) is 27.7. The largest absolute Gasteiger partial charge is 0.392 e. The monoisotopic (exact) mass is 662 g/mol. The van der Waals surface area contributed by atoms with Crippen LogP contribution in [0, 0.1) is 11.8 Å². The minimum atomic E-state index is -0.694. The molecule has 0 aromatic rings. The van der Waals surface area contributed by atoms with Gasteiger partial charge < -0.3 is 31.5 Å². The van der Waals surface area contributed by atoms with E-state index in [1.807, 2.05) is 30.0 Å². The van der Waals surface area contributed by atoms with Crippen LogP contribution in [0.1, 0.15) is 110 Å². The van der Waals surface area contributed by atoms with Crippen LogP contribution in [0.25, 0.3) is 0 Å². The van der Waals surface area contributed by atoms with Crippen LogP contribution >= 0.6 is 11.8 Å². The first kappa shape index (κ1) is 38.1. The van der Waals surface area contributed by atoms with E-state index in [4.69, 9.17) is 0 Å². The Kier molecular flexibility index (Phi) is 17.8. The van der Waals surface area contributed by atoms with Crippen molar-refractivity contribution in [1.29, 1.82) is 0 Å². The Morgan fingerprint density at radius 2 is 1.70 bits per heavy atom. The van der Waals surface area contributed by atoms with E-state index in [1.165, 1.54) is 0 Å². The summed E-state index contributed by atoms with van der Waals surface area (Å²) >= 11 is 1.90. The van der Waals surface area contributed by atoms with E-state index in [9.17, 15) is 29.4 Å². The summed E-state index contributed by atoms with van der Waals surface area (Å²) in [5, 5.41) is 32.9. The fraction of sp³-hybridized carbons (Fsp3) is 0.771. The number of hydrogen-bond donors (Lipinski definition) is 6. The molecule has 4 amide bonds. The SMILES string of the molecule is CCCCC[C@H](O)/C=C/[C@H]1[C@H](O)CC(=O)[C@@H]1C/C=C\CCCC(=O)NCCCCCNC(=O)CCCCC1SC[C@@H]2NC(=O)N[C@H]12. The molecular weight excluding hydrogens is 604 g/mol. The van der Waals surface area contributed by atoms with Gasteiger partial charge in [0.2, 0.25) is 11.8 Å². The average molecular weight is 663 g/mol. The number of aliphatic hydroxyl groups excluding tert-OH is 2. The highest BCUT2D eigenvalue weighted by Gasteiger charge is 2.42. The Morgan fingerprint density at radius 1 is 0.957 bits per heavy atom. The number of rotatable bonds is 23. The number of carbonyl (C=O) groups excluding carboxylic acids is 4. The predicted octanol–water partition coefficient (Wildman–Crippen LogP) is 4.30. The van der Waals surface area contributed by atoms with Crippen LogP contribution in [0.4, 0.5) is 4.79 Å². The number of nitrogens with one attached hydrogen (secondary N) is 4. The first-order valence-corrected chi connectivity index (χ1v) is 18.8. The van der Waals surface area contributed by atoms with Crippen LogP contribution in [-0.4, -0.2) is 82.2 Å². The minimum Gasteiger partial charge on any atom is -0.392 e. The van der Waals surface area contributed by atoms with Gasteiger partial charge in [0.05, 0.1) is 24.3 Å². The summed E-state index contributed by atoms with van der Waals surface area (Å²) in [6, 6.07) is 0.407. The second-order valence-electron chi connectivity index (χ2n) is 13.1. The molecule has 1 saturated carbocycles. The Hall–Kier alpha value is -2.37. The molecule has 0 aromatic heterocycles. The second kappa shape index (κ2) is 21.5. The number of hydrogen-bond acceptors (Lipinski definition) is 7. The summed E-state index contributed by atoms with van der Waals surface area (Å²) in [6.07, 6.45) is 18.9. The van der Waals surface area contributed by atoms with Crippen LogP contribution in [-0.2, 0) is 14.4 Å². The van der Waals surface area contributed by atoms with Gasteiger partial charge in [0, 0.05) is 55.2 Å². The smallest absolute Gasteiger partial charge is 0.315 e. The van der Waals surface area contributed by atoms with Crippen LogP contribution in [0.3, 0.4) is 0 Å². The highest BCUT2D eigenvalue weighted by molar-refractivity contribution is 8.00. The van der Waals surface area contributed by atoms with Crippen molar-refractivity contribution in [2.45, 2.75) is 139 Å². The lowest BCUT2D eigenvalue weighted by Gasteiger charge is -2.16. The number of carbonyl (C=O) groups is 4. The zero-order valence-corrected chi connectivity index (χ0v) is 28.5. The van der Waals surface area contributed by atoms with Crippen LogP contribution in [0.2, 0.25) is 0 Å². The standard InChI is InChI=1S/C35H58N4O6S/c1-2-3-7-14-25(40)19-20-27-26(29(41)23-30(27)42)15-8-4-5-9-17-32(43)36-21-12-6-13-22-37-33(44)18-11-10-16-31-34-28(24-46-31)38-35(45)39-34/h4,8,19-20,25-28,30-31,34,40,42H,2-3,5-7,9-18,21-24H2,1H3,(H,36,43)(H,37,44)(H2,38,39,45)/b8-4-,20-19+/t25-,26+,27+,28-,30+,31?,34-/m0/s1. The number of unbranched alkanes of at least 4 members (excludes halogenated alkanes) is 6. The summed E-state index contributed by atoms with van der Waals surface area (Å²) < 4.78 is 0. The number of urea groups is 1. The number of Topliss-reactive ketones (excluding diaryl/α,β-unsaturated/α-hetero) is 1. The lowest BCUT2D eigenvalue weighted by atomic mass is 9.90. The van der Waals surface area contributed by atoms with Gasteiger partial charge in [-0.25, -0.2) is 4.79 Å². The maximum atomic E-state index is 12.4. The predicted molar refractivity (Wildman–Crippen MR) is 183 cm³/mol. The van der Waals surface area contributed by atoms with Gasteiger partial charge in [0.1, 0.15) is 5.78 Å². The summed E-state index contributed by atoms with van der Waals surface area (Å²) in [5.74, 6) is 0.628. The molecule has 46 heavy (non-hydrogen) atoms. The van der Waals surface area contributed by atoms with Gasteiger partial charge in [-0.3, -0.25) is 14.4 Å². The molecule has 1 unspecified atom stereocenters. The molecule has 0 spiro atoms. The Labute approximate surface area is 279 Å². The summed E-state index contributed by atoms with van der Waals surface area (Å²) in [4.78, 5) is 48.2. The number of aliphatic hydroxyl groups is 2. The molecule has 0 radical (unpaired) electrons. The van der Waals surface area contributed by atoms with Crippen molar-refractivity contribution in [2.75, 3.05) is 18.8 Å². The lowest BCUT2D eigenvalue weighted by Crippen LogP contribution is -2.36. The summed E-state index contributed by atoms with van der Waals surface area (Å²) in [7, 11) is 0. The van der Waals surface area contributed by atoms with E-state index in [0.29, 0.717) is 44.0 Å². The molecule has 2 heterocycles. The Morgan fingerprint density at radius 3 is 2.43 bits per heavy atom. The van der Waals surface area contributed by atoms with Crippen LogP contribution in [0.15, 0.2) is 24.3 Å². The van der Waals surface area contributed by atoms with Gasteiger partial charge in [-0.1, -0.05) is 56.9 Å². The number of ketones is 1. The van der Waals surface area contributed by atoms with E-state index in [1.54, 1.807) is 6.08 Å². The van der Waals surface area contributed by atoms with Crippen molar-refractivity contribution in [3.63, 3.8) is 0 Å². The van der Waals surface area contributed by atoms with E-state index in [0.717, 1.165) is 76.4 Å². The molecule has 0 bridgehead atoms. The van der Waals surface area contributed by atoms with E-state index >= 15 is 0 Å². The fourth-order valence-corrected chi connectivity index (χ4v) is 8.10. The highest BCUT2D eigenvalue weighted by Crippen LogP contribution is 2.34. The molecule has 2 saturated heterocycles. The normalized spacial score (nSPS) is 26.4. The van der Waals surface area contributed by atoms with E-state index < -0.39 is 12.2 Å². The third kappa shape index (κ3) is 13.8. The van der Waals surface area contributed by atoms with Gasteiger partial charge >= 0.3 is 6.03 Å². The molecule has 6 N–H and O–H groups in total. The molecule has 10 nitrogen and oxygen atoms in total.